The summed E-state index contributed by atoms with van der Waals surface area (Å²) in [7, 11) is 0. The Morgan fingerprint density at radius 3 is 2.12 bits per heavy atom. The van der Waals surface area contributed by atoms with E-state index in [-0.39, 0.29) is 11.8 Å². The Morgan fingerprint density at radius 1 is 0.846 bits per heavy atom. The van der Waals surface area contributed by atoms with Gasteiger partial charge in [0.1, 0.15) is 0 Å². The van der Waals surface area contributed by atoms with Crippen molar-refractivity contribution >= 4 is 11.8 Å². The highest BCUT2D eigenvalue weighted by atomic mass is 16.5. The molecule has 26 heavy (non-hydrogen) atoms. The van der Waals surface area contributed by atoms with Crippen molar-refractivity contribution in [2.45, 2.75) is 64.2 Å². The van der Waals surface area contributed by atoms with Crippen molar-refractivity contribution in [2.24, 2.45) is 5.92 Å². The number of benzene rings is 1. The van der Waals surface area contributed by atoms with Crippen molar-refractivity contribution in [3.63, 3.8) is 0 Å². The van der Waals surface area contributed by atoms with Crippen LogP contribution >= 0.6 is 0 Å². The van der Waals surface area contributed by atoms with Crippen LogP contribution in [0.5, 0.6) is 0 Å². The van der Waals surface area contributed by atoms with Gasteiger partial charge in [0.05, 0.1) is 11.1 Å². The number of rotatable bonds is 9. The lowest BCUT2D eigenvalue weighted by atomic mass is 10.0. The van der Waals surface area contributed by atoms with Crippen LogP contribution in [-0.4, -0.2) is 36.5 Å². The number of fused-ring (bicyclic) bond motifs is 1. The number of carbonyl (C=O) groups excluding carboxylic acids is 2. The molecule has 1 fully saturated rings. The highest BCUT2D eigenvalue weighted by Crippen LogP contribution is 2.24. The zero-order valence-electron chi connectivity index (χ0n) is 15.8. The summed E-state index contributed by atoms with van der Waals surface area (Å²) < 4.78 is 5.87. The fourth-order valence-electron chi connectivity index (χ4n) is 4.05. The molecule has 1 aliphatic carbocycles. The van der Waals surface area contributed by atoms with Crippen molar-refractivity contribution in [3.8, 4) is 0 Å². The average Bonchev–Trinajstić information content (AvgIpc) is 2.85. The molecule has 1 heterocycles. The zero-order chi connectivity index (χ0) is 18.2. The Bertz CT molecular complexity index is 570. The molecule has 0 atom stereocenters. The summed E-state index contributed by atoms with van der Waals surface area (Å²) in [6.07, 6.45) is 12.2. The number of ether oxygens (including phenoxy) is 1. The Kier molecular flexibility index (Phi) is 7.24. The molecule has 0 unspecified atom stereocenters. The largest absolute Gasteiger partial charge is 0.381 e. The van der Waals surface area contributed by atoms with Crippen LogP contribution < -0.4 is 0 Å². The van der Waals surface area contributed by atoms with E-state index < -0.39 is 0 Å². The molecule has 0 saturated heterocycles. The Labute approximate surface area is 156 Å². The van der Waals surface area contributed by atoms with Crippen molar-refractivity contribution < 1.29 is 14.3 Å². The first-order chi connectivity index (χ1) is 12.8. The van der Waals surface area contributed by atoms with E-state index in [2.05, 4.69) is 0 Å². The molecule has 0 N–H and O–H groups in total. The van der Waals surface area contributed by atoms with Gasteiger partial charge in [-0.05, 0) is 43.7 Å². The predicted molar refractivity (Wildman–Crippen MR) is 102 cm³/mol. The molecular formula is C22H31NO3. The minimum atomic E-state index is -0.141. The number of imide groups is 1. The van der Waals surface area contributed by atoms with E-state index in [1.165, 1.54) is 43.4 Å². The summed E-state index contributed by atoms with van der Waals surface area (Å²) in [6, 6.07) is 7.09. The second kappa shape index (κ2) is 9.86. The van der Waals surface area contributed by atoms with Gasteiger partial charge in [-0.15, -0.1) is 0 Å². The molecule has 3 rings (SSSR count). The van der Waals surface area contributed by atoms with Gasteiger partial charge in [-0.2, -0.15) is 0 Å². The minimum absolute atomic E-state index is 0.141. The minimum Gasteiger partial charge on any atom is -0.381 e. The molecule has 142 valence electrons. The molecule has 4 nitrogen and oxygen atoms in total. The van der Waals surface area contributed by atoms with Crippen molar-refractivity contribution in [1.29, 1.82) is 0 Å². The predicted octanol–water partition coefficient (Wildman–Crippen LogP) is 4.83. The van der Waals surface area contributed by atoms with Gasteiger partial charge in [0.2, 0.25) is 0 Å². The van der Waals surface area contributed by atoms with Crippen molar-refractivity contribution in [1.82, 2.24) is 4.90 Å². The number of hydrogen-bond acceptors (Lipinski definition) is 3. The van der Waals surface area contributed by atoms with Gasteiger partial charge in [-0.3, -0.25) is 14.5 Å². The first-order valence-electron chi connectivity index (χ1n) is 10.3. The summed E-state index contributed by atoms with van der Waals surface area (Å²) in [5.41, 5.74) is 1.09. The standard InChI is InChI=1S/C22H31NO3/c24-21-19-13-7-8-14-20(19)22(25)23(21)15-9-3-4-10-16-26-17-18-11-5-1-2-6-12-18/h7-8,13-14,18H,1-6,9-12,15-17H2. The van der Waals surface area contributed by atoms with Crippen LogP contribution in [0.3, 0.4) is 0 Å². The third-order valence-electron chi connectivity index (χ3n) is 5.63. The molecule has 0 spiro atoms. The summed E-state index contributed by atoms with van der Waals surface area (Å²) in [4.78, 5) is 25.9. The molecule has 2 amide bonds. The highest BCUT2D eigenvalue weighted by Gasteiger charge is 2.34. The lowest BCUT2D eigenvalue weighted by molar-refractivity contribution is 0.0649. The van der Waals surface area contributed by atoms with E-state index in [0.29, 0.717) is 17.7 Å². The van der Waals surface area contributed by atoms with E-state index in [1.807, 2.05) is 12.1 Å². The van der Waals surface area contributed by atoms with Gasteiger partial charge in [-0.1, -0.05) is 50.7 Å². The Morgan fingerprint density at radius 2 is 1.46 bits per heavy atom. The summed E-state index contributed by atoms with van der Waals surface area (Å²) in [5, 5.41) is 0. The van der Waals surface area contributed by atoms with E-state index in [4.69, 9.17) is 4.74 Å². The molecule has 0 aromatic heterocycles. The maximum absolute atomic E-state index is 12.3. The van der Waals surface area contributed by atoms with Crippen LogP contribution in [0.1, 0.15) is 84.9 Å². The second-order valence-corrected chi connectivity index (χ2v) is 7.65. The molecule has 4 heteroatoms. The van der Waals surface area contributed by atoms with Gasteiger partial charge in [0, 0.05) is 19.8 Å². The van der Waals surface area contributed by atoms with Gasteiger partial charge in [0.25, 0.3) is 11.8 Å². The van der Waals surface area contributed by atoms with Gasteiger partial charge in [-0.25, -0.2) is 0 Å². The monoisotopic (exact) mass is 357 g/mol. The highest BCUT2D eigenvalue weighted by molar-refractivity contribution is 6.21. The normalized spacial score (nSPS) is 18.2. The van der Waals surface area contributed by atoms with Crippen LogP contribution in [0, 0.1) is 5.92 Å². The van der Waals surface area contributed by atoms with Gasteiger partial charge in [0.15, 0.2) is 0 Å². The lowest BCUT2D eigenvalue weighted by Gasteiger charge is -2.14. The SMILES string of the molecule is O=C1c2ccccc2C(=O)N1CCCCCCOCC1CCCCCC1. The third-order valence-corrected chi connectivity index (χ3v) is 5.63. The molecule has 1 aromatic rings. The number of unbranched alkanes of at least 4 members (excludes halogenated alkanes) is 3. The molecule has 1 saturated carbocycles. The number of amides is 2. The quantitative estimate of drug-likeness (QED) is 0.361. The number of hydrogen-bond donors (Lipinski definition) is 0. The van der Waals surface area contributed by atoms with E-state index in [1.54, 1.807) is 12.1 Å². The number of carbonyl (C=O) groups is 2. The van der Waals surface area contributed by atoms with Gasteiger partial charge < -0.3 is 4.74 Å². The fourth-order valence-corrected chi connectivity index (χ4v) is 4.05. The topological polar surface area (TPSA) is 46.6 Å². The zero-order valence-corrected chi connectivity index (χ0v) is 15.8. The average molecular weight is 357 g/mol. The Balaban J connectivity index is 1.25. The van der Waals surface area contributed by atoms with Crippen LogP contribution in [-0.2, 0) is 4.74 Å². The van der Waals surface area contributed by atoms with Crippen LogP contribution in [0.15, 0.2) is 24.3 Å². The first kappa shape index (κ1) is 19.1. The molecule has 1 aromatic carbocycles. The molecule has 1 aliphatic heterocycles. The molecule has 2 aliphatic rings. The lowest BCUT2D eigenvalue weighted by Crippen LogP contribution is -2.30. The second-order valence-electron chi connectivity index (χ2n) is 7.65. The van der Waals surface area contributed by atoms with Crippen molar-refractivity contribution in [3.05, 3.63) is 35.4 Å². The van der Waals surface area contributed by atoms with Crippen LogP contribution in [0.2, 0.25) is 0 Å². The van der Waals surface area contributed by atoms with E-state index in [0.717, 1.165) is 44.8 Å². The van der Waals surface area contributed by atoms with Crippen LogP contribution in [0.4, 0.5) is 0 Å². The summed E-state index contributed by atoms with van der Waals surface area (Å²) >= 11 is 0. The fraction of sp³-hybridized carbons (Fsp3) is 0.636. The van der Waals surface area contributed by atoms with Crippen molar-refractivity contribution in [2.75, 3.05) is 19.8 Å². The first-order valence-corrected chi connectivity index (χ1v) is 10.3. The molecule has 0 radical (unpaired) electrons. The van der Waals surface area contributed by atoms with Gasteiger partial charge >= 0.3 is 0 Å². The maximum atomic E-state index is 12.3. The summed E-state index contributed by atoms with van der Waals surface area (Å²) in [6.45, 7) is 2.29. The number of nitrogens with zero attached hydrogens (tertiary/aromatic N) is 1. The van der Waals surface area contributed by atoms with Crippen LogP contribution in [0.25, 0.3) is 0 Å². The molecule has 0 bridgehead atoms. The van der Waals surface area contributed by atoms with E-state index in [9.17, 15) is 9.59 Å². The maximum Gasteiger partial charge on any atom is 0.261 e. The van der Waals surface area contributed by atoms with E-state index >= 15 is 0 Å². The third kappa shape index (κ3) is 4.94. The smallest absolute Gasteiger partial charge is 0.261 e. The molecular weight excluding hydrogens is 326 g/mol. The Hall–Kier alpha value is -1.68. The summed E-state index contributed by atoms with van der Waals surface area (Å²) in [5.74, 6) is 0.487.